The maximum absolute atomic E-state index is 14.9. The summed E-state index contributed by atoms with van der Waals surface area (Å²) >= 11 is 0. The van der Waals surface area contributed by atoms with E-state index in [4.69, 9.17) is 9.47 Å². The summed E-state index contributed by atoms with van der Waals surface area (Å²) in [5.74, 6) is -0.0150. The Labute approximate surface area is 286 Å². The summed E-state index contributed by atoms with van der Waals surface area (Å²) in [6.45, 7) is 11.6. The van der Waals surface area contributed by atoms with Gasteiger partial charge in [0.15, 0.2) is 0 Å². The second kappa shape index (κ2) is 18.1. The van der Waals surface area contributed by atoms with Gasteiger partial charge >= 0.3 is 6.09 Å². The molecule has 0 aliphatic carbocycles. The topological polar surface area (TPSA) is 117 Å². The molecule has 0 saturated heterocycles. The molecule has 0 fully saturated rings. The first-order valence-electron chi connectivity index (χ1n) is 16.9. The van der Waals surface area contributed by atoms with Crippen LogP contribution in [0.3, 0.4) is 0 Å². The minimum absolute atomic E-state index is 0.0942. The molecule has 9 nitrogen and oxygen atoms in total. The Bertz CT molecular complexity index is 1460. The van der Waals surface area contributed by atoms with Gasteiger partial charge in [-0.3, -0.25) is 9.59 Å². The maximum Gasteiger partial charge on any atom is 0.408 e. The lowest BCUT2D eigenvalue weighted by Gasteiger charge is -2.36. The number of rotatable bonds is 16. The van der Waals surface area contributed by atoms with Crippen molar-refractivity contribution in [3.05, 3.63) is 89.0 Å². The quantitative estimate of drug-likeness (QED) is 0.134. The smallest absolute Gasteiger partial charge is 0.408 e. The van der Waals surface area contributed by atoms with E-state index in [1.807, 2.05) is 32.0 Å². The minimum Gasteiger partial charge on any atom is -0.508 e. The van der Waals surface area contributed by atoms with Crippen LogP contribution in [0.1, 0.15) is 94.5 Å². The zero-order valence-corrected chi connectivity index (χ0v) is 29.6. The van der Waals surface area contributed by atoms with Crippen LogP contribution in [-0.2, 0) is 20.7 Å². The molecule has 3 N–H and O–H groups in total. The average Bonchev–Trinajstić information content (AvgIpc) is 3.03. The Kier molecular flexibility index (Phi) is 14.3. The maximum atomic E-state index is 14.9. The second-order valence-electron chi connectivity index (χ2n) is 13.3. The van der Waals surface area contributed by atoms with E-state index in [9.17, 15) is 19.5 Å². The van der Waals surface area contributed by atoms with Crippen molar-refractivity contribution in [3.8, 4) is 11.5 Å². The molecule has 3 rings (SSSR count). The van der Waals surface area contributed by atoms with E-state index in [-0.39, 0.29) is 18.1 Å². The summed E-state index contributed by atoms with van der Waals surface area (Å²) < 4.78 is 10.9. The molecule has 2 atom stereocenters. The lowest BCUT2D eigenvalue weighted by Crippen LogP contribution is -2.53. The number of aryl methyl sites for hydroxylation is 2. The molecule has 3 aromatic carbocycles. The van der Waals surface area contributed by atoms with Crippen molar-refractivity contribution >= 4 is 23.6 Å². The van der Waals surface area contributed by atoms with E-state index < -0.39 is 29.7 Å². The fraction of sp³-hybridized carbons (Fsp3) is 0.462. The summed E-state index contributed by atoms with van der Waals surface area (Å²) in [6.07, 6.45) is 5.38. The van der Waals surface area contributed by atoms with Gasteiger partial charge in [-0.05, 0) is 99.7 Å². The number of benzene rings is 3. The van der Waals surface area contributed by atoms with Crippen LogP contribution < -0.4 is 15.4 Å². The molecule has 3 aromatic rings. The van der Waals surface area contributed by atoms with Crippen molar-refractivity contribution in [2.75, 3.05) is 19.0 Å². The Morgan fingerprint density at radius 2 is 1.46 bits per heavy atom. The summed E-state index contributed by atoms with van der Waals surface area (Å²) in [5, 5.41) is 15.7. The third kappa shape index (κ3) is 11.6. The van der Waals surface area contributed by atoms with E-state index in [0.717, 1.165) is 54.4 Å². The summed E-state index contributed by atoms with van der Waals surface area (Å²) in [6, 6.07) is 17.3. The largest absolute Gasteiger partial charge is 0.508 e. The average molecular weight is 660 g/mol. The number of nitrogens with one attached hydrogen (secondary N) is 2. The molecule has 48 heavy (non-hydrogen) atoms. The Balaban J connectivity index is 2.10. The summed E-state index contributed by atoms with van der Waals surface area (Å²) in [7, 11) is 1.58. The zero-order valence-electron chi connectivity index (χ0n) is 29.6. The van der Waals surface area contributed by atoms with Crippen LogP contribution in [0.2, 0.25) is 0 Å². The number of anilines is 1. The Morgan fingerprint density at radius 3 is 2.04 bits per heavy atom. The minimum atomic E-state index is -1.05. The van der Waals surface area contributed by atoms with Crippen molar-refractivity contribution in [1.82, 2.24) is 10.2 Å². The highest BCUT2D eigenvalue weighted by atomic mass is 16.6. The van der Waals surface area contributed by atoms with E-state index in [2.05, 4.69) is 17.6 Å². The SMILES string of the molecule is CCCCCCCCN(C(=O)C(Cc1ccc(O)cc1)NC(=O)OC(C)(C)C)C(C(=O)Nc1ccc(OC)cc1)c1c(C)cccc1C. The number of phenolic OH excluding ortho intramolecular Hbond substituents is 1. The molecule has 0 spiro atoms. The van der Waals surface area contributed by atoms with Gasteiger partial charge in [0.05, 0.1) is 7.11 Å². The number of alkyl carbamates (subject to hydrolysis) is 1. The first kappa shape index (κ1) is 37.9. The number of carbonyl (C=O) groups is 3. The summed E-state index contributed by atoms with van der Waals surface area (Å²) in [5.41, 5.74) is 3.00. The lowest BCUT2D eigenvalue weighted by atomic mass is 9.92. The first-order chi connectivity index (χ1) is 22.8. The number of carbonyl (C=O) groups excluding carboxylic acids is 3. The highest BCUT2D eigenvalue weighted by Gasteiger charge is 2.37. The molecule has 9 heteroatoms. The van der Waals surface area contributed by atoms with Gasteiger partial charge in [-0.1, -0.05) is 69.4 Å². The number of aromatic hydroxyl groups is 1. The van der Waals surface area contributed by atoms with Crippen LogP contribution in [0.5, 0.6) is 11.5 Å². The van der Waals surface area contributed by atoms with Crippen LogP contribution in [0, 0.1) is 13.8 Å². The number of hydrogen-bond donors (Lipinski definition) is 3. The monoisotopic (exact) mass is 659 g/mol. The van der Waals surface area contributed by atoms with Crippen LogP contribution in [0.4, 0.5) is 10.5 Å². The van der Waals surface area contributed by atoms with Gasteiger partial charge in [-0.25, -0.2) is 4.79 Å². The van der Waals surface area contributed by atoms with Crippen molar-refractivity contribution in [2.45, 2.75) is 104 Å². The molecule has 0 radical (unpaired) electrons. The molecule has 0 aromatic heterocycles. The molecule has 3 amide bonds. The van der Waals surface area contributed by atoms with Gasteiger partial charge in [0, 0.05) is 18.7 Å². The highest BCUT2D eigenvalue weighted by molar-refractivity contribution is 5.99. The number of phenols is 1. The second-order valence-corrected chi connectivity index (χ2v) is 13.3. The summed E-state index contributed by atoms with van der Waals surface area (Å²) in [4.78, 5) is 44.1. The molecular formula is C39H53N3O6. The number of ether oxygens (including phenoxy) is 2. The number of unbranched alkanes of at least 4 members (excludes halogenated alkanes) is 5. The molecule has 0 aliphatic heterocycles. The Hall–Kier alpha value is -4.53. The van der Waals surface area contributed by atoms with E-state index in [0.29, 0.717) is 24.4 Å². The van der Waals surface area contributed by atoms with Crippen LogP contribution in [-0.4, -0.2) is 53.2 Å². The van der Waals surface area contributed by atoms with Crippen molar-refractivity contribution in [3.63, 3.8) is 0 Å². The fourth-order valence-corrected chi connectivity index (χ4v) is 5.72. The van der Waals surface area contributed by atoms with Crippen LogP contribution in [0.25, 0.3) is 0 Å². The zero-order chi connectivity index (χ0) is 35.3. The standard InChI is InChI=1S/C39H53N3O6/c1-8-9-10-11-12-13-25-42(37(45)33(41-38(46)48-39(4,5)6)26-29-17-21-31(43)22-18-29)35(34-27(2)15-14-16-28(34)3)36(44)40-30-19-23-32(47-7)24-20-30/h14-24,33,35,43H,8-13,25-26H2,1-7H3,(H,40,44)(H,41,46). The van der Waals surface area contributed by atoms with Gasteiger partial charge in [-0.15, -0.1) is 0 Å². The third-order valence-electron chi connectivity index (χ3n) is 8.13. The van der Waals surface area contributed by atoms with Crippen LogP contribution >= 0.6 is 0 Å². The number of amides is 3. The number of methoxy groups -OCH3 is 1. The van der Waals surface area contributed by atoms with Gasteiger partial charge in [-0.2, -0.15) is 0 Å². The number of hydrogen-bond acceptors (Lipinski definition) is 6. The van der Waals surface area contributed by atoms with Gasteiger partial charge < -0.3 is 30.1 Å². The van der Waals surface area contributed by atoms with Crippen molar-refractivity contribution in [2.24, 2.45) is 0 Å². The first-order valence-corrected chi connectivity index (χ1v) is 16.9. The van der Waals surface area contributed by atoms with E-state index in [1.165, 1.54) is 0 Å². The van der Waals surface area contributed by atoms with Crippen molar-refractivity contribution < 1.29 is 29.0 Å². The lowest BCUT2D eigenvalue weighted by molar-refractivity contribution is -0.141. The number of nitrogens with zero attached hydrogens (tertiary/aromatic N) is 1. The Morgan fingerprint density at radius 1 is 0.854 bits per heavy atom. The molecule has 0 aliphatic rings. The van der Waals surface area contributed by atoms with Gasteiger partial charge in [0.1, 0.15) is 29.2 Å². The van der Waals surface area contributed by atoms with Crippen LogP contribution in [0.15, 0.2) is 66.7 Å². The van der Waals surface area contributed by atoms with Gasteiger partial charge in [0.2, 0.25) is 5.91 Å². The normalized spacial score (nSPS) is 12.5. The molecular weight excluding hydrogens is 606 g/mol. The molecule has 2 unspecified atom stereocenters. The molecule has 0 saturated carbocycles. The predicted octanol–water partition coefficient (Wildman–Crippen LogP) is 8.02. The van der Waals surface area contributed by atoms with Gasteiger partial charge in [0.25, 0.3) is 5.91 Å². The van der Waals surface area contributed by atoms with E-state index in [1.54, 1.807) is 81.3 Å². The molecule has 0 bridgehead atoms. The van der Waals surface area contributed by atoms with E-state index >= 15 is 0 Å². The molecule has 260 valence electrons. The molecule has 0 heterocycles. The predicted molar refractivity (Wildman–Crippen MR) is 190 cm³/mol. The fourth-order valence-electron chi connectivity index (χ4n) is 5.72. The third-order valence-corrected chi connectivity index (χ3v) is 8.13. The van der Waals surface area contributed by atoms with Crippen molar-refractivity contribution in [1.29, 1.82) is 0 Å². The highest BCUT2D eigenvalue weighted by Crippen LogP contribution is 2.31.